The van der Waals surface area contributed by atoms with Crippen molar-refractivity contribution in [2.45, 2.75) is 31.1 Å². The highest BCUT2D eigenvalue weighted by atomic mass is 32.2. The number of rotatable bonds is 3. The van der Waals surface area contributed by atoms with Crippen molar-refractivity contribution in [1.29, 1.82) is 0 Å². The minimum Gasteiger partial charge on any atom is -0.508 e. The number of aromatic hydroxyl groups is 1. The summed E-state index contributed by atoms with van der Waals surface area (Å²) in [6, 6.07) is 5.34. The first kappa shape index (κ1) is 12.3. The molecule has 3 nitrogen and oxygen atoms in total. The molecule has 1 heterocycles. The third-order valence-electron chi connectivity index (χ3n) is 3.21. The number of carboxylic acids is 1. The van der Waals surface area contributed by atoms with Gasteiger partial charge in [0.05, 0.1) is 5.41 Å². The number of benzene rings is 1. The van der Waals surface area contributed by atoms with Crippen molar-refractivity contribution in [3.8, 4) is 5.75 Å². The SMILES string of the molecule is CC(C)(CC1CSc2ccc(O)cc21)C(=O)O. The van der Waals surface area contributed by atoms with Crippen molar-refractivity contribution < 1.29 is 15.0 Å². The quantitative estimate of drug-likeness (QED) is 0.868. The Morgan fingerprint density at radius 1 is 1.53 bits per heavy atom. The van der Waals surface area contributed by atoms with Crippen LogP contribution in [0.15, 0.2) is 23.1 Å². The molecule has 2 rings (SSSR count). The molecule has 0 saturated heterocycles. The van der Waals surface area contributed by atoms with Crippen molar-refractivity contribution in [3.63, 3.8) is 0 Å². The van der Waals surface area contributed by atoms with Crippen molar-refractivity contribution in [2.24, 2.45) is 5.41 Å². The molecule has 1 aliphatic rings. The van der Waals surface area contributed by atoms with Gasteiger partial charge in [-0.2, -0.15) is 0 Å². The number of thioether (sulfide) groups is 1. The molecule has 0 bridgehead atoms. The molecular formula is C13H16O3S. The van der Waals surface area contributed by atoms with Gasteiger partial charge < -0.3 is 10.2 Å². The highest BCUT2D eigenvalue weighted by Gasteiger charge is 2.34. The number of hydrogen-bond donors (Lipinski definition) is 2. The molecule has 1 unspecified atom stereocenters. The summed E-state index contributed by atoms with van der Waals surface area (Å²) in [5.74, 6) is 0.601. The van der Waals surface area contributed by atoms with Crippen LogP contribution >= 0.6 is 11.8 Å². The van der Waals surface area contributed by atoms with Gasteiger partial charge in [-0.25, -0.2) is 0 Å². The van der Waals surface area contributed by atoms with Crippen LogP contribution in [-0.4, -0.2) is 21.9 Å². The summed E-state index contributed by atoms with van der Waals surface area (Å²) < 4.78 is 0. The molecule has 2 N–H and O–H groups in total. The fourth-order valence-electron chi connectivity index (χ4n) is 2.14. The van der Waals surface area contributed by atoms with E-state index in [1.807, 2.05) is 6.07 Å². The van der Waals surface area contributed by atoms with Crippen LogP contribution in [0.2, 0.25) is 0 Å². The van der Waals surface area contributed by atoms with Crippen LogP contribution in [0.3, 0.4) is 0 Å². The van der Waals surface area contributed by atoms with Crippen LogP contribution in [0.4, 0.5) is 0 Å². The summed E-state index contributed by atoms with van der Waals surface area (Å²) in [5, 5.41) is 18.6. The topological polar surface area (TPSA) is 57.5 Å². The lowest BCUT2D eigenvalue weighted by Crippen LogP contribution is -2.26. The molecule has 0 aromatic heterocycles. The lowest BCUT2D eigenvalue weighted by atomic mass is 9.81. The van der Waals surface area contributed by atoms with Gasteiger partial charge in [0.2, 0.25) is 0 Å². The Hall–Kier alpha value is -1.16. The minimum absolute atomic E-state index is 0.216. The van der Waals surface area contributed by atoms with Crippen molar-refractivity contribution in [3.05, 3.63) is 23.8 Å². The van der Waals surface area contributed by atoms with E-state index in [2.05, 4.69) is 0 Å². The molecule has 0 radical (unpaired) electrons. The van der Waals surface area contributed by atoms with E-state index in [0.717, 1.165) is 16.2 Å². The van der Waals surface area contributed by atoms with Crippen molar-refractivity contribution in [1.82, 2.24) is 0 Å². The molecule has 1 aromatic rings. The number of carbonyl (C=O) groups is 1. The van der Waals surface area contributed by atoms with Crippen LogP contribution in [0.5, 0.6) is 5.75 Å². The van der Waals surface area contributed by atoms with Gasteiger partial charge in [0, 0.05) is 10.6 Å². The van der Waals surface area contributed by atoms with E-state index in [1.54, 1.807) is 37.7 Å². The highest BCUT2D eigenvalue weighted by molar-refractivity contribution is 7.99. The first-order valence-electron chi connectivity index (χ1n) is 5.59. The summed E-state index contributed by atoms with van der Waals surface area (Å²) in [4.78, 5) is 12.3. The molecule has 4 heteroatoms. The first-order chi connectivity index (χ1) is 7.90. The zero-order valence-corrected chi connectivity index (χ0v) is 10.8. The molecule has 1 aromatic carbocycles. The Morgan fingerprint density at radius 3 is 2.88 bits per heavy atom. The highest BCUT2D eigenvalue weighted by Crippen LogP contribution is 2.45. The van der Waals surface area contributed by atoms with E-state index >= 15 is 0 Å². The summed E-state index contributed by atoms with van der Waals surface area (Å²) in [7, 11) is 0. The molecule has 92 valence electrons. The van der Waals surface area contributed by atoms with Gasteiger partial charge in [0.15, 0.2) is 0 Å². The van der Waals surface area contributed by atoms with Crippen LogP contribution in [0.25, 0.3) is 0 Å². The third-order valence-corrected chi connectivity index (χ3v) is 4.46. The van der Waals surface area contributed by atoms with Crippen molar-refractivity contribution in [2.75, 3.05) is 5.75 Å². The second-order valence-electron chi connectivity index (χ2n) is 5.12. The lowest BCUT2D eigenvalue weighted by molar-refractivity contribution is -0.147. The number of phenolic OH excluding ortho intramolecular Hbond substituents is 1. The van der Waals surface area contributed by atoms with Gasteiger partial charge in [0.25, 0.3) is 0 Å². The van der Waals surface area contributed by atoms with E-state index < -0.39 is 11.4 Å². The smallest absolute Gasteiger partial charge is 0.309 e. The van der Waals surface area contributed by atoms with Crippen LogP contribution < -0.4 is 0 Å². The average Bonchev–Trinajstić information content (AvgIpc) is 2.60. The molecule has 0 spiro atoms. The average molecular weight is 252 g/mol. The number of carboxylic acid groups (broad SMARTS) is 1. The molecule has 0 saturated carbocycles. The maximum atomic E-state index is 11.1. The molecule has 1 aliphatic heterocycles. The molecule has 17 heavy (non-hydrogen) atoms. The number of hydrogen-bond acceptors (Lipinski definition) is 3. The Balaban J connectivity index is 2.23. The predicted octanol–water partition coefficient (Wildman–Crippen LogP) is 3.08. The Bertz CT molecular complexity index is 454. The summed E-state index contributed by atoms with van der Waals surface area (Å²) >= 11 is 1.73. The van der Waals surface area contributed by atoms with Crippen LogP contribution in [0.1, 0.15) is 31.7 Å². The van der Waals surface area contributed by atoms with Gasteiger partial charge in [-0.15, -0.1) is 11.8 Å². The van der Waals surface area contributed by atoms with Crippen LogP contribution in [-0.2, 0) is 4.79 Å². The molecule has 0 aliphatic carbocycles. The van der Waals surface area contributed by atoms with Crippen molar-refractivity contribution >= 4 is 17.7 Å². The number of fused-ring (bicyclic) bond motifs is 1. The second-order valence-corrected chi connectivity index (χ2v) is 6.19. The van der Waals surface area contributed by atoms with Gasteiger partial charge >= 0.3 is 5.97 Å². The zero-order valence-electron chi connectivity index (χ0n) is 9.93. The fourth-order valence-corrected chi connectivity index (χ4v) is 3.37. The van der Waals surface area contributed by atoms with E-state index in [1.165, 1.54) is 0 Å². The van der Waals surface area contributed by atoms with E-state index in [0.29, 0.717) is 6.42 Å². The Morgan fingerprint density at radius 2 is 2.24 bits per heavy atom. The molecule has 1 atom stereocenters. The maximum Gasteiger partial charge on any atom is 0.309 e. The van der Waals surface area contributed by atoms with Gasteiger partial charge in [-0.1, -0.05) is 0 Å². The Labute approximate surface area is 105 Å². The standard InChI is InChI=1S/C13H16O3S/c1-13(2,12(15)16)6-8-7-17-11-4-3-9(14)5-10(8)11/h3-5,8,14H,6-7H2,1-2H3,(H,15,16). The zero-order chi connectivity index (χ0) is 12.6. The fraction of sp³-hybridized carbons (Fsp3) is 0.462. The van der Waals surface area contributed by atoms with Gasteiger partial charge in [-0.3, -0.25) is 4.79 Å². The van der Waals surface area contributed by atoms with E-state index in [9.17, 15) is 9.90 Å². The van der Waals surface area contributed by atoms with Gasteiger partial charge in [-0.05, 0) is 49.9 Å². The summed E-state index contributed by atoms with van der Waals surface area (Å²) in [6.45, 7) is 3.50. The maximum absolute atomic E-state index is 11.1. The largest absolute Gasteiger partial charge is 0.508 e. The summed E-state index contributed by atoms with van der Waals surface area (Å²) in [6.07, 6.45) is 0.603. The molecule has 0 fully saturated rings. The van der Waals surface area contributed by atoms with Gasteiger partial charge in [0.1, 0.15) is 5.75 Å². The molecular weight excluding hydrogens is 236 g/mol. The Kier molecular flexibility index (Phi) is 3.08. The third kappa shape index (κ3) is 2.41. The predicted molar refractivity (Wildman–Crippen MR) is 67.6 cm³/mol. The van der Waals surface area contributed by atoms with E-state index in [4.69, 9.17) is 5.11 Å². The number of phenols is 1. The lowest BCUT2D eigenvalue weighted by Gasteiger charge is -2.23. The normalized spacial score (nSPS) is 19.1. The number of aliphatic carboxylic acids is 1. The second kappa shape index (κ2) is 4.26. The monoisotopic (exact) mass is 252 g/mol. The molecule has 0 amide bonds. The van der Waals surface area contributed by atoms with E-state index in [-0.39, 0.29) is 11.7 Å². The minimum atomic E-state index is -0.767. The van der Waals surface area contributed by atoms with Crippen LogP contribution in [0, 0.1) is 5.41 Å². The summed E-state index contributed by atoms with van der Waals surface area (Å²) in [5.41, 5.74) is 0.363. The first-order valence-corrected chi connectivity index (χ1v) is 6.58.